The van der Waals surface area contributed by atoms with Crippen LogP contribution in [0.15, 0.2) is 24.3 Å². The highest BCUT2D eigenvalue weighted by Gasteiger charge is 2.12. The molecule has 0 fully saturated rings. The molecule has 0 saturated carbocycles. The molecule has 0 heterocycles. The van der Waals surface area contributed by atoms with Crippen LogP contribution in [0.5, 0.6) is 5.75 Å². The molecule has 2 N–H and O–H groups in total. The third-order valence-electron chi connectivity index (χ3n) is 1.79. The summed E-state index contributed by atoms with van der Waals surface area (Å²) >= 11 is 0. The average molecular weight is 223 g/mol. The van der Waals surface area contributed by atoms with E-state index in [0.717, 1.165) is 0 Å². The first-order valence-corrected chi connectivity index (χ1v) is 5.10. The zero-order chi connectivity index (χ0) is 12.2. The molecule has 0 spiro atoms. The molecule has 0 bridgehead atoms. The van der Waals surface area contributed by atoms with Crippen molar-refractivity contribution in [2.45, 2.75) is 26.4 Å². The summed E-state index contributed by atoms with van der Waals surface area (Å²) in [6.45, 7) is 5.69. The molecule has 0 saturated heterocycles. The zero-order valence-electron chi connectivity index (χ0n) is 9.78. The summed E-state index contributed by atoms with van der Waals surface area (Å²) in [5, 5.41) is 11.7. The number of carbonyl (C=O) groups is 1. The number of benzene rings is 1. The highest BCUT2D eigenvalue weighted by Crippen LogP contribution is 2.14. The Morgan fingerprint density at radius 2 is 1.88 bits per heavy atom. The molecule has 1 rings (SSSR count). The van der Waals surface area contributed by atoms with Crippen LogP contribution in [0.25, 0.3) is 0 Å². The molecule has 1 amide bonds. The van der Waals surface area contributed by atoms with Crippen molar-refractivity contribution in [3.8, 4) is 5.75 Å². The van der Waals surface area contributed by atoms with E-state index < -0.39 is 0 Å². The van der Waals surface area contributed by atoms with Crippen LogP contribution in [-0.2, 0) is 9.53 Å². The molecule has 0 unspecified atom stereocenters. The predicted molar refractivity (Wildman–Crippen MR) is 62.4 cm³/mol. The molecule has 0 aromatic heterocycles. The highest BCUT2D eigenvalue weighted by atomic mass is 16.5. The van der Waals surface area contributed by atoms with Gasteiger partial charge in [-0.05, 0) is 45.0 Å². The second-order valence-electron chi connectivity index (χ2n) is 4.50. The van der Waals surface area contributed by atoms with E-state index in [1.165, 1.54) is 12.1 Å². The first-order valence-electron chi connectivity index (χ1n) is 5.10. The smallest absolute Gasteiger partial charge is 0.250 e. The number of hydrogen-bond acceptors (Lipinski definition) is 3. The first kappa shape index (κ1) is 12.5. The van der Waals surface area contributed by atoms with E-state index in [1.54, 1.807) is 12.1 Å². The maximum Gasteiger partial charge on any atom is 0.250 e. The average Bonchev–Trinajstić information content (AvgIpc) is 2.18. The highest BCUT2D eigenvalue weighted by molar-refractivity contribution is 5.91. The summed E-state index contributed by atoms with van der Waals surface area (Å²) in [6.07, 6.45) is 0. The summed E-state index contributed by atoms with van der Waals surface area (Å²) in [5.41, 5.74) is 0.312. The molecule has 0 atom stereocenters. The Morgan fingerprint density at radius 1 is 1.31 bits per heavy atom. The third kappa shape index (κ3) is 4.79. The SMILES string of the molecule is CC(C)(C)OCC(=O)Nc1ccc(O)cc1. The monoisotopic (exact) mass is 223 g/mol. The Kier molecular flexibility index (Phi) is 3.90. The molecular formula is C12H17NO3. The van der Waals surface area contributed by atoms with Gasteiger partial charge < -0.3 is 15.2 Å². The molecule has 1 aromatic carbocycles. The lowest BCUT2D eigenvalue weighted by Gasteiger charge is -2.18. The minimum atomic E-state index is -0.327. The van der Waals surface area contributed by atoms with Crippen LogP contribution in [0.1, 0.15) is 20.8 Å². The molecule has 0 aliphatic rings. The van der Waals surface area contributed by atoms with E-state index in [2.05, 4.69) is 5.32 Å². The standard InChI is InChI=1S/C12H17NO3/c1-12(2,3)16-8-11(15)13-9-4-6-10(14)7-5-9/h4-7,14H,8H2,1-3H3,(H,13,15). The molecular weight excluding hydrogens is 206 g/mol. The van der Waals surface area contributed by atoms with Gasteiger partial charge in [0.2, 0.25) is 5.91 Å². The third-order valence-corrected chi connectivity index (χ3v) is 1.79. The second kappa shape index (κ2) is 4.99. The predicted octanol–water partition coefficient (Wildman–Crippen LogP) is 2.15. The summed E-state index contributed by atoms with van der Waals surface area (Å²) in [7, 11) is 0. The molecule has 0 radical (unpaired) electrons. The minimum absolute atomic E-state index is 0.0182. The van der Waals surface area contributed by atoms with Crippen LogP contribution in [0.3, 0.4) is 0 Å². The van der Waals surface area contributed by atoms with Crippen molar-refractivity contribution in [1.82, 2.24) is 0 Å². The number of amides is 1. The summed E-state index contributed by atoms with van der Waals surface area (Å²) in [5.74, 6) is -0.0374. The van der Waals surface area contributed by atoms with Gasteiger partial charge in [0.1, 0.15) is 12.4 Å². The van der Waals surface area contributed by atoms with Crippen molar-refractivity contribution in [3.05, 3.63) is 24.3 Å². The van der Waals surface area contributed by atoms with Gasteiger partial charge in [0.05, 0.1) is 5.60 Å². The van der Waals surface area contributed by atoms with Gasteiger partial charge in [0.15, 0.2) is 0 Å². The number of phenolic OH excluding ortho intramolecular Hbond substituents is 1. The van der Waals surface area contributed by atoms with E-state index in [1.807, 2.05) is 20.8 Å². The fourth-order valence-electron chi connectivity index (χ4n) is 1.02. The van der Waals surface area contributed by atoms with Crippen LogP contribution >= 0.6 is 0 Å². The largest absolute Gasteiger partial charge is 0.508 e. The quantitative estimate of drug-likeness (QED) is 0.772. The number of anilines is 1. The van der Waals surface area contributed by atoms with Crippen LogP contribution in [0.2, 0.25) is 0 Å². The Labute approximate surface area is 95.2 Å². The van der Waals surface area contributed by atoms with Gasteiger partial charge in [0, 0.05) is 5.69 Å². The second-order valence-corrected chi connectivity index (χ2v) is 4.50. The number of nitrogens with one attached hydrogen (secondary N) is 1. The van der Waals surface area contributed by atoms with Crippen LogP contribution < -0.4 is 5.32 Å². The van der Waals surface area contributed by atoms with Gasteiger partial charge >= 0.3 is 0 Å². The molecule has 88 valence electrons. The molecule has 4 nitrogen and oxygen atoms in total. The summed E-state index contributed by atoms with van der Waals surface area (Å²) < 4.78 is 5.33. The number of aromatic hydroxyl groups is 1. The van der Waals surface area contributed by atoms with Crippen LogP contribution in [-0.4, -0.2) is 23.2 Å². The Morgan fingerprint density at radius 3 is 2.38 bits per heavy atom. The number of carbonyl (C=O) groups excluding carboxylic acids is 1. The van der Waals surface area contributed by atoms with Gasteiger partial charge in [-0.1, -0.05) is 0 Å². The summed E-state index contributed by atoms with van der Waals surface area (Å²) in [6, 6.07) is 6.29. The number of rotatable bonds is 3. The molecule has 0 aliphatic carbocycles. The lowest BCUT2D eigenvalue weighted by atomic mass is 10.2. The minimum Gasteiger partial charge on any atom is -0.508 e. The van der Waals surface area contributed by atoms with Crippen molar-refractivity contribution >= 4 is 11.6 Å². The van der Waals surface area contributed by atoms with Crippen LogP contribution in [0.4, 0.5) is 5.69 Å². The van der Waals surface area contributed by atoms with E-state index in [0.29, 0.717) is 5.69 Å². The fourth-order valence-corrected chi connectivity index (χ4v) is 1.02. The van der Waals surface area contributed by atoms with Gasteiger partial charge in [-0.3, -0.25) is 4.79 Å². The molecule has 16 heavy (non-hydrogen) atoms. The summed E-state index contributed by atoms with van der Waals surface area (Å²) in [4.78, 5) is 11.4. The van der Waals surface area contributed by atoms with Crippen molar-refractivity contribution in [2.75, 3.05) is 11.9 Å². The first-order chi connectivity index (χ1) is 7.37. The van der Waals surface area contributed by atoms with Gasteiger partial charge in [-0.25, -0.2) is 0 Å². The van der Waals surface area contributed by atoms with E-state index in [4.69, 9.17) is 9.84 Å². The van der Waals surface area contributed by atoms with Crippen molar-refractivity contribution in [2.24, 2.45) is 0 Å². The number of hydrogen-bond donors (Lipinski definition) is 2. The van der Waals surface area contributed by atoms with E-state index >= 15 is 0 Å². The lowest BCUT2D eigenvalue weighted by molar-refractivity contribution is -0.125. The van der Waals surface area contributed by atoms with Crippen LogP contribution in [0, 0.1) is 0 Å². The van der Waals surface area contributed by atoms with Gasteiger partial charge in [-0.15, -0.1) is 0 Å². The van der Waals surface area contributed by atoms with E-state index in [-0.39, 0.29) is 23.9 Å². The fraction of sp³-hybridized carbons (Fsp3) is 0.417. The Bertz CT molecular complexity index is 352. The normalized spacial score (nSPS) is 11.2. The van der Waals surface area contributed by atoms with Crippen molar-refractivity contribution in [3.63, 3.8) is 0 Å². The Hall–Kier alpha value is -1.55. The van der Waals surface area contributed by atoms with Gasteiger partial charge in [-0.2, -0.15) is 0 Å². The number of ether oxygens (including phenoxy) is 1. The Balaban J connectivity index is 2.43. The maximum absolute atomic E-state index is 11.4. The van der Waals surface area contributed by atoms with Crippen molar-refractivity contribution in [1.29, 1.82) is 0 Å². The molecule has 0 aliphatic heterocycles. The van der Waals surface area contributed by atoms with Gasteiger partial charge in [0.25, 0.3) is 0 Å². The van der Waals surface area contributed by atoms with Crippen molar-refractivity contribution < 1.29 is 14.6 Å². The topological polar surface area (TPSA) is 58.6 Å². The number of phenols is 1. The zero-order valence-corrected chi connectivity index (χ0v) is 9.78. The van der Waals surface area contributed by atoms with E-state index in [9.17, 15) is 4.79 Å². The molecule has 1 aromatic rings. The maximum atomic E-state index is 11.4. The lowest BCUT2D eigenvalue weighted by Crippen LogP contribution is -2.27. The molecule has 4 heteroatoms.